The van der Waals surface area contributed by atoms with Crippen molar-refractivity contribution in [3.63, 3.8) is 0 Å². The number of nitrogens with zero attached hydrogens (tertiary/aromatic N) is 2. The third-order valence-electron chi connectivity index (χ3n) is 0.967. The summed E-state index contributed by atoms with van der Waals surface area (Å²) in [5.41, 5.74) is 0.701. The quantitative estimate of drug-likeness (QED) is 0.547. The van der Waals surface area contributed by atoms with Gasteiger partial charge in [-0.2, -0.15) is 0 Å². The van der Waals surface area contributed by atoms with E-state index in [1.54, 1.807) is 12.1 Å². The minimum absolute atomic E-state index is 0.291. The van der Waals surface area contributed by atoms with Crippen LogP contribution in [0.1, 0.15) is 5.69 Å². The Morgan fingerprint density at radius 3 is 3.11 bits per heavy atom. The van der Waals surface area contributed by atoms with E-state index in [4.69, 9.17) is 0 Å². The minimum atomic E-state index is 0.291. The van der Waals surface area contributed by atoms with Crippen molar-refractivity contribution >= 4 is 0 Å². The van der Waals surface area contributed by atoms with Crippen LogP contribution in [-0.2, 0) is 6.42 Å². The van der Waals surface area contributed by atoms with E-state index in [0.717, 1.165) is 0 Å². The molecule has 0 radical (unpaired) electrons. The third kappa shape index (κ3) is 1.38. The molecule has 0 aliphatic heterocycles. The lowest BCUT2D eigenvalue weighted by Gasteiger charge is -1.81. The summed E-state index contributed by atoms with van der Waals surface area (Å²) < 4.78 is 12.0. The van der Waals surface area contributed by atoms with Gasteiger partial charge in [-0.05, 0) is 6.07 Å². The molecule has 1 rings (SSSR count). The van der Waals surface area contributed by atoms with Crippen LogP contribution in [0.5, 0.6) is 0 Å². The fourth-order valence-electron chi connectivity index (χ4n) is 0.594. The van der Waals surface area contributed by atoms with Crippen LogP contribution in [0.25, 0.3) is 0 Å². The summed E-state index contributed by atoms with van der Waals surface area (Å²) in [6, 6.07) is 1.61. The highest BCUT2D eigenvalue weighted by atomic mass is 19.2. The normalized spacial score (nSPS) is 9.44. The van der Waals surface area contributed by atoms with Crippen LogP contribution in [0, 0.1) is 0 Å². The molecule has 1 aromatic rings. The second-order valence-electron chi connectivity index (χ2n) is 1.69. The molecule has 1 aromatic heterocycles. The van der Waals surface area contributed by atoms with Crippen LogP contribution >= 0.6 is 0 Å². The standard InChI is InChI=1S/C6H7FN2/c1-2-3-6-4-5-9(7)8-6/h2,4-5H,1,3H2. The van der Waals surface area contributed by atoms with Crippen molar-refractivity contribution in [3.05, 3.63) is 30.6 Å². The molecule has 0 aliphatic rings. The van der Waals surface area contributed by atoms with E-state index in [2.05, 4.69) is 11.7 Å². The molecule has 1 heterocycles. The van der Waals surface area contributed by atoms with Crippen LogP contribution in [0.15, 0.2) is 24.9 Å². The average molecular weight is 126 g/mol. The SMILES string of the molecule is C=CCc1ccn(F)n1. The highest BCUT2D eigenvalue weighted by Gasteiger charge is 1.92. The van der Waals surface area contributed by atoms with Crippen molar-refractivity contribution in [1.29, 1.82) is 0 Å². The van der Waals surface area contributed by atoms with E-state index in [1.165, 1.54) is 6.20 Å². The zero-order valence-electron chi connectivity index (χ0n) is 4.92. The molecule has 0 amide bonds. The Morgan fingerprint density at radius 1 is 1.89 bits per heavy atom. The van der Waals surface area contributed by atoms with Gasteiger partial charge < -0.3 is 0 Å². The van der Waals surface area contributed by atoms with Gasteiger partial charge in [0.05, 0.1) is 11.9 Å². The fraction of sp³-hybridized carbons (Fsp3) is 0.167. The first-order valence-corrected chi connectivity index (χ1v) is 2.64. The largest absolute Gasteiger partial charge is 0.147 e. The van der Waals surface area contributed by atoms with E-state index in [-0.39, 0.29) is 0 Å². The zero-order chi connectivity index (χ0) is 6.69. The van der Waals surface area contributed by atoms with Gasteiger partial charge in [0.25, 0.3) is 0 Å². The second-order valence-corrected chi connectivity index (χ2v) is 1.69. The fourth-order valence-corrected chi connectivity index (χ4v) is 0.594. The summed E-state index contributed by atoms with van der Waals surface area (Å²) in [6.07, 6.45) is 3.57. The van der Waals surface area contributed by atoms with Crippen LogP contribution < -0.4 is 0 Å². The molecule has 0 bridgehead atoms. The van der Waals surface area contributed by atoms with Gasteiger partial charge in [-0.1, -0.05) is 10.6 Å². The van der Waals surface area contributed by atoms with Crippen molar-refractivity contribution in [1.82, 2.24) is 10.0 Å². The van der Waals surface area contributed by atoms with Crippen LogP contribution in [0.3, 0.4) is 0 Å². The molecule has 48 valence electrons. The Balaban J connectivity index is 2.72. The van der Waals surface area contributed by atoms with Crippen molar-refractivity contribution in [2.45, 2.75) is 6.42 Å². The lowest BCUT2D eigenvalue weighted by molar-refractivity contribution is 0.314. The average Bonchev–Trinajstić information content (AvgIpc) is 2.17. The first-order chi connectivity index (χ1) is 4.33. The summed E-state index contributed by atoms with van der Waals surface area (Å²) in [5, 5.41) is 3.48. The van der Waals surface area contributed by atoms with Gasteiger partial charge in [-0.25, -0.2) is 0 Å². The predicted molar refractivity (Wildman–Crippen MR) is 32.6 cm³/mol. The third-order valence-corrected chi connectivity index (χ3v) is 0.967. The summed E-state index contributed by atoms with van der Waals surface area (Å²) in [6.45, 7) is 3.49. The number of allylic oxidation sites excluding steroid dienone is 1. The summed E-state index contributed by atoms with van der Waals surface area (Å²) in [7, 11) is 0. The van der Waals surface area contributed by atoms with Crippen LogP contribution in [0.4, 0.5) is 4.48 Å². The molecule has 0 aliphatic carbocycles. The Hall–Kier alpha value is -1.12. The molecule has 0 unspecified atom stereocenters. The predicted octanol–water partition coefficient (Wildman–Crippen LogP) is 1.34. The number of halogens is 1. The van der Waals surface area contributed by atoms with E-state index >= 15 is 0 Å². The van der Waals surface area contributed by atoms with Crippen molar-refractivity contribution in [2.24, 2.45) is 0 Å². The molecule has 3 heteroatoms. The minimum Gasteiger partial charge on any atom is -0.147 e. The summed E-state index contributed by atoms with van der Waals surface area (Å²) in [4.78, 5) is 0.291. The van der Waals surface area contributed by atoms with Gasteiger partial charge in [0, 0.05) is 6.42 Å². The van der Waals surface area contributed by atoms with Gasteiger partial charge in [0.2, 0.25) is 0 Å². The molecular weight excluding hydrogens is 119 g/mol. The smallest absolute Gasteiger partial charge is 0.0690 e. The van der Waals surface area contributed by atoms with E-state index < -0.39 is 0 Å². The van der Waals surface area contributed by atoms with Gasteiger partial charge >= 0.3 is 0 Å². The monoisotopic (exact) mass is 126 g/mol. The first-order valence-electron chi connectivity index (χ1n) is 2.64. The maximum Gasteiger partial charge on any atom is 0.0690 e. The maximum absolute atomic E-state index is 12.0. The van der Waals surface area contributed by atoms with E-state index in [1.807, 2.05) is 0 Å². The topological polar surface area (TPSA) is 17.8 Å². The van der Waals surface area contributed by atoms with Crippen molar-refractivity contribution in [3.8, 4) is 0 Å². The van der Waals surface area contributed by atoms with Crippen molar-refractivity contribution < 1.29 is 4.48 Å². The molecule has 0 saturated heterocycles. The summed E-state index contributed by atoms with van der Waals surface area (Å²) >= 11 is 0. The molecule has 0 spiro atoms. The summed E-state index contributed by atoms with van der Waals surface area (Å²) in [5.74, 6) is 0. The second kappa shape index (κ2) is 2.44. The van der Waals surface area contributed by atoms with E-state index in [9.17, 15) is 4.48 Å². The Morgan fingerprint density at radius 2 is 2.67 bits per heavy atom. The molecule has 0 fully saturated rings. The Bertz CT molecular complexity index is 205. The lowest BCUT2D eigenvalue weighted by atomic mass is 10.3. The molecule has 0 saturated carbocycles. The zero-order valence-corrected chi connectivity index (χ0v) is 4.92. The lowest BCUT2D eigenvalue weighted by Crippen LogP contribution is -1.84. The van der Waals surface area contributed by atoms with Gasteiger partial charge in [0.1, 0.15) is 0 Å². The molecule has 0 N–H and O–H groups in total. The van der Waals surface area contributed by atoms with Gasteiger partial charge in [-0.3, -0.25) is 0 Å². The van der Waals surface area contributed by atoms with E-state index in [0.29, 0.717) is 17.0 Å². The first kappa shape index (κ1) is 6.01. The maximum atomic E-state index is 12.0. The highest BCUT2D eigenvalue weighted by molar-refractivity contribution is 5.02. The number of hydrogen-bond donors (Lipinski definition) is 0. The number of hydrogen-bond acceptors (Lipinski definition) is 1. The Labute approximate surface area is 52.5 Å². The Kier molecular flexibility index (Phi) is 1.63. The van der Waals surface area contributed by atoms with Gasteiger partial charge in [-0.15, -0.1) is 16.6 Å². The highest BCUT2D eigenvalue weighted by Crippen LogP contribution is 1.95. The molecule has 0 aromatic carbocycles. The number of aromatic nitrogens is 2. The van der Waals surface area contributed by atoms with Crippen LogP contribution in [-0.4, -0.2) is 10.0 Å². The van der Waals surface area contributed by atoms with Crippen molar-refractivity contribution in [2.75, 3.05) is 0 Å². The van der Waals surface area contributed by atoms with Crippen LogP contribution in [0.2, 0.25) is 0 Å². The molecule has 2 nitrogen and oxygen atoms in total. The molecule has 9 heavy (non-hydrogen) atoms. The molecule has 0 atom stereocenters. The van der Waals surface area contributed by atoms with Gasteiger partial charge in [0.15, 0.2) is 0 Å². The number of rotatable bonds is 2. The molecular formula is C6H7FN2.